The zero-order chi connectivity index (χ0) is 17.4. The molecular weight excluding hydrogens is 332 g/mol. The molecule has 2 rings (SSSR count). The van der Waals surface area contributed by atoms with Crippen molar-refractivity contribution < 1.29 is 19.1 Å². The van der Waals surface area contributed by atoms with Gasteiger partial charge in [-0.2, -0.15) is 0 Å². The minimum atomic E-state index is -0.328. The molecule has 0 bridgehead atoms. The molecule has 1 heterocycles. The number of halogens is 1. The molecule has 0 saturated carbocycles. The zero-order valence-electron chi connectivity index (χ0n) is 13.9. The van der Waals surface area contributed by atoms with E-state index in [-0.39, 0.29) is 18.3 Å². The molecule has 1 aliphatic heterocycles. The van der Waals surface area contributed by atoms with Crippen LogP contribution in [0.5, 0.6) is 0 Å². The highest BCUT2D eigenvalue weighted by Gasteiger charge is 2.19. The SMILES string of the molecule is COC(=O)CCN(CCN1CCOCC1)C(=O)c1cccc(Cl)c1. The molecule has 24 heavy (non-hydrogen) atoms. The van der Waals surface area contributed by atoms with Gasteiger partial charge < -0.3 is 14.4 Å². The first-order chi connectivity index (χ1) is 11.6. The number of benzene rings is 1. The van der Waals surface area contributed by atoms with Crippen LogP contribution >= 0.6 is 11.6 Å². The molecule has 1 aromatic rings. The molecule has 0 aromatic heterocycles. The summed E-state index contributed by atoms with van der Waals surface area (Å²) in [7, 11) is 1.35. The summed E-state index contributed by atoms with van der Waals surface area (Å²) in [5.41, 5.74) is 0.523. The van der Waals surface area contributed by atoms with Crippen LogP contribution in [-0.2, 0) is 14.3 Å². The van der Waals surface area contributed by atoms with Crippen LogP contribution in [0.1, 0.15) is 16.8 Å². The number of hydrogen-bond donors (Lipinski definition) is 0. The van der Waals surface area contributed by atoms with Gasteiger partial charge in [0.1, 0.15) is 0 Å². The molecule has 0 N–H and O–H groups in total. The molecule has 0 spiro atoms. The predicted molar refractivity (Wildman–Crippen MR) is 91.2 cm³/mol. The van der Waals surface area contributed by atoms with Crippen LogP contribution in [0.25, 0.3) is 0 Å². The van der Waals surface area contributed by atoms with Crippen molar-refractivity contribution in [2.75, 3.05) is 53.0 Å². The van der Waals surface area contributed by atoms with Gasteiger partial charge in [-0.05, 0) is 18.2 Å². The van der Waals surface area contributed by atoms with Gasteiger partial charge in [0.05, 0.1) is 26.7 Å². The van der Waals surface area contributed by atoms with E-state index in [1.165, 1.54) is 7.11 Å². The van der Waals surface area contributed by atoms with Crippen molar-refractivity contribution in [3.05, 3.63) is 34.9 Å². The maximum absolute atomic E-state index is 12.7. The van der Waals surface area contributed by atoms with Crippen LogP contribution in [0.4, 0.5) is 0 Å². The number of esters is 1. The highest BCUT2D eigenvalue weighted by atomic mass is 35.5. The van der Waals surface area contributed by atoms with Gasteiger partial charge >= 0.3 is 5.97 Å². The number of nitrogens with zero attached hydrogens (tertiary/aromatic N) is 2. The van der Waals surface area contributed by atoms with Gasteiger partial charge in [-0.1, -0.05) is 17.7 Å². The quantitative estimate of drug-likeness (QED) is 0.697. The molecular formula is C17H23ClN2O4. The standard InChI is InChI=1S/C17H23ClN2O4/c1-23-16(21)5-6-20(8-7-19-9-11-24-12-10-19)17(22)14-3-2-4-15(18)13-14/h2-4,13H,5-12H2,1H3. The van der Waals surface area contributed by atoms with Gasteiger partial charge in [-0.15, -0.1) is 0 Å². The lowest BCUT2D eigenvalue weighted by molar-refractivity contribution is -0.140. The van der Waals surface area contributed by atoms with E-state index < -0.39 is 0 Å². The number of amides is 1. The van der Waals surface area contributed by atoms with Gasteiger partial charge in [0.15, 0.2) is 0 Å². The zero-order valence-corrected chi connectivity index (χ0v) is 14.6. The Labute approximate surface area is 147 Å². The van der Waals surface area contributed by atoms with E-state index in [4.69, 9.17) is 16.3 Å². The van der Waals surface area contributed by atoms with Crippen LogP contribution in [0, 0.1) is 0 Å². The second-order valence-corrected chi connectivity index (χ2v) is 6.02. The molecule has 0 radical (unpaired) electrons. The number of ether oxygens (including phenoxy) is 2. The van der Waals surface area contributed by atoms with E-state index in [2.05, 4.69) is 9.64 Å². The normalized spacial score (nSPS) is 15.1. The van der Waals surface area contributed by atoms with E-state index in [9.17, 15) is 9.59 Å². The van der Waals surface area contributed by atoms with E-state index in [1.807, 2.05) is 0 Å². The predicted octanol–water partition coefficient (Wildman–Crippen LogP) is 1.68. The van der Waals surface area contributed by atoms with E-state index in [0.29, 0.717) is 36.9 Å². The molecule has 1 aliphatic rings. The van der Waals surface area contributed by atoms with Crippen LogP contribution in [-0.4, -0.2) is 74.7 Å². The first kappa shape index (κ1) is 18.7. The number of hydrogen-bond acceptors (Lipinski definition) is 5. The van der Waals surface area contributed by atoms with Crippen molar-refractivity contribution in [1.29, 1.82) is 0 Å². The summed E-state index contributed by atoms with van der Waals surface area (Å²) in [6.07, 6.45) is 0.173. The molecule has 0 aliphatic carbocycles. The summed E-state index contributed by atoms with van der Waals surface area (Å²) in [5.74, 6) is -0.458. The molecule has 0 atom stereocenters. The lowest BCUT2D eigenvalue weighted by atomic mass is 10.2. The van der Waals surface area contributed by atoms with Gasteiger partial charge in [0.25, 0.3) is 5.91 Å². The van der Waals surface area contributed by atoms with Crippen LogP contribution in [0.2, 0.25) is 5.02 Å². The maximum Gasteiger partial charge on any atom is 0.307 e. The van der Waals surface area contributed by atoms with Crippen molar-refractivity contribution in [2.24, 2.45) is 0 Å². The maximum atomic E-state index is 12.7. The summed E-state index contributed by atoms with van der Waals surface area (Å²) in [5, 5.41) is 0.516. The van der Waals surface area contributed by atoms with Crippen LogP contribution in [0.15, 0.2) is 24.3 Å². The highest BCUT2D eigenvalue weighted by molar-refractivity contribution is 6.30. The Kier molecular flexibility index (Phi) is 7.49. The molecule has 7 heteroatoms. The largest absolute Gasteiger partial charge is 0.469 e. The Bertz CT molecular complexity index is 561. The smallest absolute Gasteiger partial charge is 0.307 e. The summed E-state index contributed by atoms with van der Waals surface area (Å²) < 4.78 is 10.0. The third kappa shape index (κ3) is 5.78. The van der Waals surface area contributed by atoms with Crippen LogP contribution in [0.3, 0.4) is 0 Å². The van der Waals surface area contributed by atoms with E-state index in [0.717, 1.165) is 19.6 Å². The van der Waals surface area contributed by atoms with E-state index >= 15 is 0 Å². The molecule has 1 amide bonds. The molecule has 132 valence electrons. The number of rotatable bonds is 7. The second kappa shape index (κ2) is 9.61. The number of carbonyl (C=O) groups excluding carboxylic acids is 2. The molecule has 1 aromatic carbocycles. The Morgan fingerprint density at radius 3 is 2.71 bits per heavy atom. The second-order valence-electron chi connectivity index (χ2n) is 5.58. The van der Waals surface area contributed by atoms with Crippen molar-refractivity contribution in [3.8, 4) is 0 Å². The average Bonchev–Trinajstić information content (AvgIpc) is 2.61. The molecule has 1 saturated heterocycles. The Hall–Kier alpha value is -1.63. The van der Waals surface area contributed by atoms with Crippen molar-refractivity contribution in [3.63, 3.8) is 0 Å². The Morgan fingerprint density at radius 1 is 1.29 bits per heavy atom. The van der Waals surface area contributed by atoms with Crippen molar-refractivity contribution in [2.45, 2.75) is 6.42 Å². The fraction of sp³-hybridized carbons (Fsp3) is 0.529. The number of morpholine rings is 1. The molecule has 6 nitrogen and oxygen atoms in total. The lowest BCUT2D eigenvalue weighted by Crippen LogP contribution is -2.43. The van der Waals surface area contributed by atoms with Gasteiger partial charge in [-0.3, -0.25) is 14.5 Å². The van der Waals surface area contributed by atoms with Gasteiger partial charge in [0.2, 0.25) is 0 Å². The lowest BCUT2D eigenvalue weighted by Gasteiger charge is -2.30. The Balaban J connectivity index is 2.00. The summed E-state index contributed by atoms with van der Waals surface area (Å²) >= 11 is 5.98. The first-order valence-electron chi connectivity index (χ1n) is 8.02. The Morgan fingerprint density at radius 2 is 2.04 bits per heavy atom. The monoisotopic (exact) mass is 354 g/mol. The third-order valence-corrected chi connectivity index (χ3v) is 4.20. The minimum absolute atomic E-state index is 0.130. The highest BCUT2D eigenvalue weighted by Crippen LogP contribution is 2.13. The average molecular weight is 355 g/mol. The molecule has 1 fully saturated rings. The fourth-order valence-electron chi connectivity index (χ4n) is 2.53. The topological polar surface area (TPSA) is 59.1 Å². The number of methoxy groups -OCH3 is 1. The van der Waals surface area contributed by atoms with E-state index in [1.54, 1.807) is 29.2 Å². The molecule has 0 unspecified atom stereocenters. The van der Waals surface area contributed by atoms with Crippen LogP contribution < -0.4 is 0 Å². The summed E-state index contributed by atoms with van der Waals surface area (Å²) in [6, 6.07) is 6.85. The minimum Gasteiger partial charge on any atom is -0.469 e. The van der Waals surface area contributed by atoms with Gasteiger partial charge in [0, 0.05) is 43.3 Å². The first-order valence-corrected chi connectivity index (χ1v) is 8.39. The third-order valence-electron chi connectivity index (χ3n) is 3.96. The summed E-state index contributed by atoms with van der Waals surface area (Å²) in [4.78, 5) is 28.1. The summed E-state index contributed by atoms with van der Waals surface area (Å²) in [6.45, 7) is 4.75. The van der Waals surface area contributed by atoms with Crippen molar-refractivity contribution in [1.82, 2.24) is 9.80 Å². The number of carbonyl (C=O) groups is 2. The fourth-order valence-corrected chi connectivity index (χ4v) is 2.72. The van der Waals surface area contributed by atoms with Crippen molar-refractivity contribution >= 4 is 23.5 Å². The van der Waals surface area contributed by atoms with Gasteiger partial charge in [-0.25, -0.2) is 0 Å².